The minimum Gasteiger partial charge on any atom is -0.460 e. The Kier molecular flexibility index (Phi) is 3.79. The Morgan fingerprint density at radius 2 is 2.00 bits per heavy atom. The van der Waals surface area contributed by atoms with Crippen molar-refractivity contribution in [3.8, 4) is 0 Å². The molecule has 0 amide bonds. The van der Waals surface area contributed by atoms with Crippen LogP contribution in [-0.4, -0.2) is 12.6 Å². The van der Waals surface area contributed by atoms with Crippen LogP contribution in [0.3, 0.4) is 0 Å². The van der Waals surface area contributed by atoms with Crippen molar-refractivity contribution >= 4 is 21.9 Å². The first kappa shape index (κ1) is 10.7. The zero-order chi connectivity index (χ0) is 9.07. The highest BCUT2D eigenvalue weighted by Gasteiger charge is 2.22. The summed E-state index contributed by atoms with van der Waals surface area (Å²) in [7, 11) is 0. The van der Waals surface area contributed by atoms with Gasteiger partial charge in [0.15, 0.2) is 0 Å². The van der Waals surface area contributed by atoms with Crippen molar-refractivity contribution in [2.24, 2.45) is 5.41 Å². The van der Waals surface area contributed by atoms with Gasteiger partial charge in [-0.1, -0.05) is 22.5 Å². The van der Waals surface area contributed by atoms with Crippen LogP contribution < -0.4 is 0 Å². The smallest absolute Gasteiger partial charge is 0.311 e. The van der Waals surface area contributed by atoms with Crippen molar-refractivity contribution in [1.29, 1.82) is 0 Å². The van der Waals surface area contributed by atoms with Gasteiger partial charge in [0.05, 0.1) is 5.41 Å². The van der Waals surface area contributed by atoms with Crippen molar-refractivity contribution in [2.75, 3.05) is 6.61 Å². The van der Waals surface area contributed by atoms with Crippen LogP contribution in [0.25, 0.3) is 0 Å². The van der Waals surface area contributed by atoms with Gasteiger partial charge in [0, 0.05) is 4.48 Å². The molecule has 0 saturated carbocycles. The van der Waals surface area contributed by atoms with Crippen LogP contribution in [0.15, 0.2) is 11.1 Å². The minimum absolute atomic E-state index is 0.210. The molecule has 0 aliphatic rings. The SMILES string of the molecule is C=C(Br)COC(=O)C(C)(C)C. The molecule has 0 fully saturated rings. The van der Waals surface area contributed by atoms with Crippen molar-refractivity contribution in [3.63, 3.8) is 0 Å². The van der Waals surface area contributed by atoms with E-state index in [-0.39, 0.29) is 12.6 Å². The normalized spacial score (nSPS) is 10.9. The van der Waals surface area contributed by atoms with E-state index >= 15 is 0 Å². The maximum atomic E-state index is 11.1. The highest BCUT2D eigenvalue weighted by Crippen LogP contribution is 2.16. The Balaban J connectivity index is 3.80. The molecule has 0 unspecified atom stereocenters. The average molecular weight is 221 g/mol. The molecule has 0 heterocycles. The molecule has 0 radical (unpaired) electrons. The average Bonchev–Trinajstić information content (AvgIpc) is 1.80. The first-order valence-corrected chi connectivity index (χ1v) is 4.14. The number of ether oxygens (including phenoxy) is 1. The molecule has 11 heavy (non-hydrogen) atoms. The lowest BCUT2D eigenvalue weighted by Crippen LogP contribution is -2.23. The molecule has 0 aromatic heterocycles. The second-order valence-electron chi connectivity index (χ2n) is 3.34. The molecule has 0 N–H and O–H groups in total. The van der Waals surface area contributed by atoms with E-state index in [4.69, 9.17) is 4.74 Å². The summed E-state index contributed by atoms with van der Waals surface area (Å²) in [6, 6.07) is 0. The predicted molar refractivity (Wildman–Crippen MR) is 48.5 cm³/mol. The summed E-state index contributed by atoms with van der Waals surface area (Å²) in [5, 5.41) is 0. The summed E-state index contributed by atoms with van der Waals surface area (Å²) < 4.78 is 5.56. The van der Waals surface area contributed by atoms with Crippen molar-refractivity contribution < 1.29 is 9.53 Å². The second-order valence-corrected chi connectivity index (χ2v) is 4.46. The van der Waals surface area contributed by atoms with Crippen molar-refractivity contribution in [3.05, 3.63) is 11.1 Å². The van der Waals surface area contributed by atoms with Gasteiger partial charge in [-0.05, 0) is 20.8 Å². The molecule has 2 nitrogen and oxygen atoms in total. The third-order valence-corrected chi connectivity index (χ3v) is 1.20. The number of halogens is 1. The Morgan fingerprint density at radius 1 is 1.55 bits per heavy atom. The van der Waals surface area contributed by atoms with E-state index in [0.29, 0.717) is 4.48 Å². The summed E-state index contributed by atoms with van der Waals surface area (Å²) in [6.07, 6.45) is 0. The van der Waals surface area contributed by atoms with Gasteiger partial charge in [-0.2, -0.15) is 0 Å². The number of carbonyl (C=O) groups excluding carboxylic acids is 1. The molecule has 0 aliphatic carbocycles. The predicted octanol–water partition coefficient (Wildman–Crippen LogP) is 2.48. The van der Waals surface area contributed by atoms with Gasteiger partial charge in [0.2, 0.25) is 0 Å². The molecule has 0 aliphatic heterocycles. The summed E-state index contributed by atoms with van der Waals surface area (Å²) in [5.41, 5.74) is -0.428. The number of carbonyl (C=O) groups is 1. The van der Waals surface area contributed by atoms with Gasteiger partial charge in [-0.25, -0.2) is 0 Å². The summed E-state index contributed by atoms with van der Waals surface area (Å²) in [4.78, 5) is 11.1. The van der Waals surface area contributed by atoms with E-state index in [2.05, 4.69) is 22.5 Å². The first-order chi connectivity index (χ1) is 4.84. The highest BCUT2D eigenvalue weighted by atomic mass is 79.9. The first-order valence-electron chi connectivity index (χ1n) is 3.34. The molecular weight excluding hydrogens is 208 g/mol. The van der Waals surface area contributed by atoms with E-state index in [1.165, 1.54) is 0 Å². The maximum absolute atomic E-state index is 11.1. The van der Waals surface area contributed by atoms with E-state index < -0.39 is 5.41 Å². The quantitative estimate of drug-likeness (QED) is 0.669. The number of hydrogen-bond acceptors (Lipinski definition) is 2. The van der Waals surface area contributed by atoms with E-state index in [0.717, 1.165) is 0 Å². The lowest BCUT2D eigenvalue weighted by molar-refractivity contribution is -0.151. The molecule has 0 bridgehead atoms. The lowest BCUT2D eigenvalue weighted by atomic mass is 9.97. The van der Waals surface area contributed by atoms with E-state index in [1.54, 1.807) is 0 Å². The second kappa shape index (κ2) is 3.90. The van der Waals surface area contributed by atoms with Crippen molar-refractivity contribution in [2.45, 2.75) is 20.8 Å². The molecule has 0 aromatic carbocycles. The summed E-state index contributed by atoms with van der Waals surface area (Å²) >= 11 is 3.10. The van der Waals surface area contributed by atoms with Crippen LogP contribution in [0.2, 0.25) is 0 Å². The van der Waals surface area contributed by atoms with Crippen LogP contribution in [0, 0.1) is 5.41 Å². The fourth-order valence-corrected chi connectivity index (χ4v) is 0.475. The summed E-state index contributed by atoms with van der Waals surface area (Å²) in [5.74, 6) is -0.210. The highest BCUT2D eigenvalue weighted by molar-refractivity contribution is 9.11. The molecule has 0 aromatic rings. The lowest BCUT2D eigenvalue weighted by Gasteiger charge is -2.15. The fourth-order valence-electron chi connectivity index (χ4n) is 0.360. The molecular formula is C8H13BrO2. The van der Waals surface area contributed by atoms with Gasteiger partial charge in [0.1, 0.15) is 6.61 Å². The molecule has 0 atom stereocenters. The van der Waals surface area contributed by atoms with E-state index in [9.17, 15) is 4.79 Å². The zero-order valence-electron chi connectivity index (χ0n) is 7.11. The number of hydrogen-bond donors (Lipinski definition) is 0. The monoisotopic (exact) mass is 220 g/mol. The fraction of sp³-hybridized carbons (Fsp3) is 0.625. The molecule has 0 spiro atoms. The zero-order valence-corrected chi connectivity index (χ0v) is 8.69. The topological polar surface area (TPSA) is 26.3 Å². The van der Waals surface area contributed by atoms with E-state index in [1.807, 2.05) is 20.8 Å². The van der Waals surface area contributed by atoms with Crippen LogP contribution in [0.4, 0.5) is 0 Å². The molecule has 64 valence electrons. The van der Waals surface area contributed by atoms with Crippen LogP contribution in [-0.2, 0) is 9.53 Å². The summed E-state index contributed by atoms with van der Waals surface area (Å²) in [6.45, 7) is 9.23. The van der Waals surface area contributed by atoms with Gasteiger partial charge >= 0.3 is 5.97 Å². The minimum atomic E-state index is -0.428. The Hall–Kier alpha value is -0.310. The largest absolute Gasteiger partial charge is 0.460 e. The third kappa shape index (κ3) is 5.01. The Labute approximate surface area is 75.7 Å². The van der Waals surface area contributed by atoms with Gasteiger partial charge in [-0.15, -0.1) is 0 Å². The van der Waals surface area contributed by atoms with Crippen LogP contribution in [0.5, 0.6) is 0 Å². The maximum Gasteiger partial charge on any atom is 0.311 e. The molecule has 0 rings (SSSR count). The standard InChI is InChI=1S/C8H13BrO2/c1-6(9)5-11-7(10)8(2,3)4/h1,5H2,2-4H3. The van der Waals surface area contributed by atoms with Gasteiger partial charge < -0.3 is 4.74 Å². The van der Waals surface area contributed by atoms with Gasteiger partial charge in [-0.3, -0.25) is 4.79 Å². The molecule has 0 saturated heterocycles. The number of rotatable bonds is 2. The number of esters is 1. The van der Waals surface area contributed by atoms with Crippen LogP contribution >= 0.6 is 15.9 Å². The third-order valence-electron chi connectivity index (χ3n) is 0.972. The van der Waals surface area contributed by atoms with Crippen molar-refractivity contribution in [1.82, 2.24) is 0 Å². The Morgan fingerprint density at radius 3 is 2.27 bits per heavy atom. The Bertz CT molecular complexity index is 167. The van der Waals surface area contributed by atoms with Crippen LogP contribution in [0.1, 0.15) is 20.8 Å². The molecule has 3 heteroatoms. The van der Waals surface area contributed by atoms with Gasteiger partial charge in [0.25, 0.3) is 0 Å².